The van der Waals surface area contributed by atoms with Crippen molar-refractivity contribution >= 4 is 11.9 Å². The number of piperidine rings is 1. The van der Waals surface area contributed by atoms with Crippen LogP contribution in [0.3, 0.4) is 0 Å². The maximum Gasteiger partial charge on any atom is 0.325 e. The van der Waals surface area contributed by atoms with E-state index in [0.717, 1.165) is 38.5 Å². The van der Waals surface area contributed by atoms with Crippen LogP contribution in [0.2, 0.25) is 0 Å². The molecule has 20 heavy (non-hydrogen) atoms. The molecule has 2 saturated heterocycles. The minimum atomic E-state index is -0.759. The van der Waals surface area contributed by atoms with Crippen LogP contribution in [0.25, 0.3) is 0 Å². The van der Waals surface area contributed by atoms with Gasteiger partial charge in [0.1, 0.15) is 5.54 Å². The maximum atomic E-state index is 12.1. The van der Waals surface area contributed by atoms with E-state index in [1.807, 2.05) is 0 Å². The van der Waals surface area contributed by atoms with E-state index in [2.05, 4.69) is 10.2 Å². The predicted octanol–water partition coefficient (Wildman–Crippen LogP) is 0.378. The average Bonchev–Trinajstić information content (AvgIpc) is 2.59. The number of carbonyl (C=O) groups excluding carboxylic acids is 2. The molecule has 2 rings (SSSR count). The molecule has 2 heterocycles. The van der Waals surface area contributed by atoms with Crippen molar-refractivity contribution in [1.29, 1.82) is 0 Å². The first kappa shape index (κ1) is 15.3. The predicted molar refractivity (Wildman–Crippen MR) is 77.2 cm³/mol. The Hall–Kier alpha value is -1.14. The van der Waals surface area contributed by atoms with Crippen LogP contribution >= 0.6 is 0 Å². The molecule has 3 amide bonds. The van der Waals surface area contributed by atoms with Crippen molar-refractivity contribution in [2.24, 2.45) is 11.7 Å². The van der Waals surface area contributed by atoms with Crippen LogP contribution in [0.15, 0.2) is 0 Å². The zero-order valence-corrected chi connectivity index (χ0v) is 12.5. The number of nitrogens with one attached hydrogen (secondary N) is 1. The highest BCUT2D eigenvalue weighted by atomic mass is 16.2. The highest BCUT2D eigenvalue weighted by Gasteiger charge is 2.43. The average molecular weight is 282 g/mol. The van der Waals surface area contributed by atoms with Crippen molar-refractivity contribution in [3.05, 3.63) is 0 Å². The minimum absolute atomic E-state index is 0.125. The van der Waals surface area contributed by atoms with E-state index in [1.54, 1.807) is 13.8 Å². The summed E-state index contributed by atoms with van der Waals surface area (Å²) < 4.78 is 0. The third-order valence-corrected chi connectivity index (χ3v) is 4.37. The lowest BCUT2D eigenvalue weighted by atomic mass is 9.94. The van der Waals surface area contributed by atoms with Gasteiger partial charge in [-0.25, -0.2) is 4.79 Å². The molecular formula is C14H26N4O2. The molecule has 0 aromatic rings. The van der Waals surface area contributed by atoms with E-state index >= 15 is 0 Å². The molecular weight excluding hydrogens is 256 g/mol. The van der Waals surface area contributed by atoms with Gasteiger partial charge in [-0.15, -0.1) is 0 Å². The third-order valence-electron chi connectivity index (χ3n) is 4.37. The molecule has 0 aromatic heterocycles. The van der Waals surface area contributed by atoms with Crippen LogP contribution in [0.4, 0.5) is 4.79 Å². The van der Waals surface area contributed by atoms with Gasteiger partial charge in [0, 0.05) is 13.1 Å². The van der Waals surface area contributed by atoms with Crippen molar-refractivity contribution in [3.63, 3.8) is 0 Å². The second kappa shape index (κ2) is 6.10. The van der Waals surface area contributed by atoms with Crippen molar-refractivity contribution in [2.75, 3.05) is 32.7 Å². The van der Waals surface area contributed by atoms with E-state index in [-0.39, 0.29) is 11.9 Å². The maximum absolute atomic E-state index is 12.1. The molecule has 0 radical (unpaired) electrons. The van der Waals surface area contributed by atoms with Gasteiger partial charge in [0.05, 0.1) is 0 Å². The van der Waals surface area contributed by atoms with Crippen molar-refractivity contribution in [3.8, 4) is 0 Å². The highest BCUT2D eigenvalue weighted by molar-refractivity contribution is 6.06. The molecule has 6 nitrogen and oxygen atoms in total. The first-order chi connectivity index (χ1) is 9.44. The second-order valence-electron chi connectivity index (χ2n) is 6.37. The fourth-order valence-corrected chi connectivity index (χ4v) is 3.00. The number of nitrogens with two attached hydrogens (primary N) is 1. The van der Waals surface area contributed by atoms with Gasteiger partial charge < -0.3 is 16.0 Å². The fourth-order valence-electron chi connectivity index (χ4n) is 3.00. The molecule has 3 N–H and O–H groups in total. The third kappa shape index (κ3) is 3.30. The summed E-state index contributed by atoms with van der Waals surface area (Å²) in [5.41, 5.74) is 4.83. The first-order valence-electron chi connectivity index (χ1n) is 7.50. The Balaban J connectivity index is 1.77. The Kier molecular flexibility index (Phi) is 4.65. The smallest absolute Gasteiger partial charge is 0.325 e. The standard InChI is InChI=1S/C14H26N4O2/c1-14(2)12(19)18(13(20)16-14)10-9-17-7-4-11(3-6-15)5-8-17/h11H,3-10,15H2,1-2H3,(H,16,20). The zero-order chi connectivity index (χ0) is 14.8. The molecule has 0 spiro atoms. The normalized spacial score (nSPS) is 24.2. The van der Waals surface area contributed by atoms with Gasteiger partial charge in [-0.2, -0.15) is 0 Å². The molecule has 2 fully saturated rings. The fraction of sp³-hybridized carbons (Fsp3) is 0.857. The van der Waals surface area contributed by atoms with E-state index in [4.69, 9.17) is 5.73 Å². The van der Waals surface area contributed by atoms with Gasteiger partial charge in [-0.05, 0) is 58.7 Å². The second-order valence-corrected chi connectivity index (χ2v) is 6.37. The van der Waals surface area contributed by atoms with Crippen molar-refractivity contribution < 1.29 is 9.59 Å². The number of carbonyl (C=O) groups is 2. The lowest BCUT2D eigenvalue weighted by molar-refractivity contribution is -0.130. The Labute approximate surface area is 120 Å². The summed E-state index contributed by atoms with van der Waals surface area (Å²) in [6, 6.07) is -0.266. The first-order valence-corrected chi connectivity index (χ1v) is 7.50. The zero-order valence-electron chi connectivity index (χ0n) is 12.5. The minimum Gasteiger partial charge on any atom is -0.330 e. The number of imide groups is 1. The van der Waals surface area contributed by atoms with E-state index in [9.17, 15) is 9.59 Å². The molecule has 114 valence electrons. The SMILES string of the molecule is CC1(C)NC(=O)N(CCN2CCC(CCN)CC2)C1=O. The number of urea groups is 1. The summed E-state index contributed by atoms with van der Waals surface area (Å²) >= 11 is 0. The number of hydrogen-bond donors (Lipinski definition) is 2. The monoisotopic (exact) mass is 282 g/mol. The van der Waals surface area contributed by atoms with Crippen LogP contribution < -0.4 is 11.1 Å². The lowest BCUT2D eigenvalue weighted by Gasteiger charge is -2.32. The summed E-state index contributed by atoms with van der Waals surface area (Å²) in [5.74, 6) is 0.618. The molecule has 0 aromatic carbocycles. The molecule has 0 bridgehead atoms. The topological polar surface area (TPSA) is 78.7 Å². The van der Waals surface area contributed by atoms with E-state index in [0.29, 0.717) is 6.54 Å². The van der Waals surface area contributed by atoms with E-state index < -0.39 is 5.54 Å². The number of hydrogen-bond acceptors (Lipinski definition) is 4. The Morgan fingerprint density at radius 3 is 2.40 bits per heavy atom. The Morgan fingerprint density at radius 2 is 1.90 bits per heavy atom. The lowest BCUT2D eigenvalue weighted by Crippen LogP contribution is -2.43. The molecule has 0 unspecified atom stereocenters. The number of amides is 3. The quantitative estimate of drug-likeness (QED) is 0.715. The van der Waals surface area contributed by atoms with Gasteiger partial charge in [0.15, 0.2) is 0 Å². The summed E-state index contributed by atoms with van der Waals surface area (Å²) in [7, 11) is 0. The van der Waals surface area contributed by atoms with Gasteiger partial charge >= 0.3 is 6.03 Å². The van der Waals surface area contributed by atoms with Crippen LogP contribution in [0.5, 0.6) is 0 Å². The highest BCUT2D eigenvalue weighted by Crippen LogP contribution is 2.20. The van der Waals surface area contributed by atoms with E-state index in [1.165, 1.54) is 17.7 Å². The molecule has 6 heteroatoms. The molecule has 2 aliphatic heterocycles. The van der Waals surface area contributed by atoms with Crippen molar-refractivity contribution in [2.45, 2.75) is 38.6 Å². The van der Waals surface area contributed by atoms with Crippen LogP contribution in [-0.4, -0.2) is 60.0 Å². The van der Waals surface area contributed by atoms with Crippen molar-refractivity contribution in [1.82, 2.24) is 15.1 Å². The molecule has 0 saturated carbocycles. The summed E-state index contributed by atoms with van der Waals surface area (Å²) in [4.78, 5) is 27.5. The Bertz CT molecular complexity index is 375. The Morgan fingerprint density at radius 1 is 1.25 bits per heavy atom. The summed E-state index contributed by atoms with van der Waals surface area (Å²) in [6.07, 6.45) is 3.45. The molecule has 2 aliphatic rings. The van der Waals surface area contributed by atoms with Gasteiger partial charge in [-0.1, -0.05) is 0 Å². The van der Waals surface area contributed by atoms with Crippen LogP contribution in [-0.2, 0) is 4.79 Å². The largest absolute Gasteiger partial charge is 0.330 e. The van der Waals surface area contributed by atoms with Gasteiger partial charge in [-0.3, -0.25) is 9.69 Å². The number of rotatable bonds is 5. The summed E-state index contributed by atoms with van der Waals surface area (Å²) in [5, 5.41) is 2.71. The van der Waals surface area contributed by atoms with Crippen LogP contribution in [0, 0.1) is 5.92 Å². The molecule has 0 aliphatic carbocycles. The molecule has 0 atom stereocenters. The van der Waals surface area contributed by atoms with Gasteiger partial charge in [0.2, 0.25) is 0 Å². The summed E-state index contributed by atoms with van der Waals surface area (Å²) in [6.45, 7) is 7.58. The number of likely N-dealkylation sites (tertiary alicyclic amines) is 1. The number of nitrogens with zero attached hydrogens (tertiary/aromatic N) is 2. The van der Waals surface area contributed by atoms with Crippen LogP contribution in [0.1, 0.15) is 33.1 Å². The van der Waals surface area contributed by atoms with Gasteiger partial charge in [0.25, 0.3) is 5.91 Å².